The number of carbonyl (C=O) groups excluding carboxylic acids is 1. The highest BCUT2D eigenvalue weighted by Gasteiger charge is 2.24. The average Bonchev–Trinajstić information content (AvgIpc) is 2.53. The first-order chi connectivity index (χ1) is 10.2. The molecule has 0 aliphatic carbocycles. The molecule has 1 aromatic heterocycles. The first kappa shape index (κ1) is 13.5. The van der Waals surface area contributed by atoms with Gasteiger partial charge in [0.05, 0.1) is 11.8 Å². The highest BCUT2D eigenvalue weighted by molar-refractivity contribution is 5.98. The molecule has 0 unspecified atom stereocenters. The van der Waals surface area contributed by atoms with Crippen molar-refractivity contribution >= 4 is 11.7 Å². The van der Waals surface area contributed by atoms with Gasteiger partial charge in [0.1, 0.15) is 11.6 Å². The second-order valence-corrected chi connectivity index (χ2v) is 5.05. The third-order valence-electron chi connectivity index (χ3n) is 3.74. The molecule has 108 valence electrons. The van der Waals surface area contributed by atoms with Crippen LogP contribution in [0.3, 0.4) is 0 Å². The normalized spacial score (nSPS) is 13.7. The van der Waals surface area contributed by atoms with Crippen molar-refractivity contribution in [2.75, 3.05) is 18.9 Å². The van der Waals surface area contributed by atoms with Gasteiger partial charge in [0.15, 0.2) is 0 Å². The molecule has 1 aromatic carbocycles. The fourth-order valence-electron chi connectivity index (χ4n) is 2.64. The first-order valence-electron chi connectivity index (χ1n) is 6.88. The molecule has 4 nitrogen and oxygen atoms in total. The van der Waals surface area contributed by atoms with E-state index in [-0.39, 0.29) is 11.5 Å². The van der Waals surface area contributed by atoms with Crippen molar-refractivity contribution < 1.29 is 9.18 Å². The zero-order valence-corrected chi connectivity index (χ0v) is 11.8. The summed E-state index contributed by atoms with van der Waals surface area (Å²) in [7, 11) is 1.67. The van der Waals surface area contributed by atoms with E-state index in [1.807, 2.05) is 18.2 Å². The van der Waals surface area contributed by atoms with Crippen LogP contribution in [0.15, 0.2) is 36.5 Å². The summed E-state index contributed by atoms with van der Waals surface area (Å²) in [4.78, 5) is 18.3. The number of halogens is 1. The lowest BCUT2D eigenvalue weighted by atomic mass is 9.99. The molecular weight excluding hydrogens is 269 g/mol. The molecule has 5 heteroatoms. The predicted octanol–water partition coefficient (Wildman–Crippen LogP) is 2.46. The van der Waals surface area contributed by atoms with Crippen molar-refractivity contribution in [1.29, 1.82) is 0 Å². The summed E-state index contributed by atoms with van der Waals surface area (Å²) in [6.07, 6.45) is 1.92. The Hall–Kier alpha value is -2.43. The van der Waals surface area contributed by atoms with E-state index in [4.69, 9.17) is 0 Å². The van der Waals surface area contributed by atoms with Crippen LogP contribution >= 0.6 is 0 Å². The molecule has 1 N–H and O–H groups in total. The molecule has 0 saturated carbocycles. The summed E-state index contributed by atoms with van der Waals surface area (Å²) < 4.78 is 13.4. The molecule has 0 saturated heterocycles. The molecule has 2 aromatic rings. The second-order valence-electron chi connectivity index (χ2n) is 5.05. The molecule has 21 heavy (non-hydrogen) atoms. The minimum atomic E-state index is -0.505. The Balaban J connectivity index is 1.89. The smallest absolute Gasteiger partial charge is 0.258 e. The number of nitrogens with zero attached hydrogens (tertiary/aromatic N) is 2. The summed E-state index contributed by atoms with van der Waals surface area (Å²) >= 11 is 0. The topological polar surface area (TPSA) is 45.2 Å². The zero-order chi connectivity index (χ0) is 14.8. The predicted molar refractivity (Wildman–Crippen MR) is 78.6 cm³/mol. The standard InChI is InChI=1S/C16H16FN3O/c1-18-15-14(8-13(17)9-19-15)16(21)20-7-6-11-4-2-3-5-12(11)10-20/h2-5,8-9H,6-7,10H2,1H3,(H,18,19). The van der Waals surface area contributed by atoms with Crippen LogP contribution in [0.25, 0.3) is 0 Å². The fraction of sp³-hybridized carbons (Fsp3) is 0.250. The molecule has 0 radical (unpaired) electrons. The number of nitrogens with one attached hydrogen (secondary N) is 1. The Morgan fingerprint density at radius 1 is 1.33 bits per heavy atom. The highest BCUT2D eigenvalue weighted by atomic mass is 19.1. The average molecular weight is 285 g/mol. The van der Waals surface area contributed by atoms with Gasteiger partial charge >= 0.3 is 0 Å². The van der Waals surface area contributed by atoms with E-state index in [1.165, 1.54) is 11.6 Å². The molecule has 0 fully saturated rings. The molecule has 0 atom stereocenters. The van der Waals surface area contributed by atoms with Crippen molar-refractivity contribution in [3.8, 4) is 0 Å². The lowest BCUT2D eigenvalue weighted by Gasteiger charge is -2.29. The van der Waals surface area contributed by atoms with Crippen molar-refractivity contribution in [1.82, 2.24) is 9.88 Å². The maximum atomic E-state index is 13.4. The number of carbonyl (C=O) groups is 1. The molecule has 3 rings (SSSR count). The van der Waals surface area contributed by atoms with E-state index in [0.717, 1.165) is 18.2 Å². The largest absolute Gasteiger partial charge is 0.372 e. The Labute approximate surface area is 122 Å². The number of fused-ring (bicyclic) bond motifs is 1. The van der Waals surface area contributed by atoms with Gasteiger partial charge in [-0.2, -0.15) is 0 Å². The van der Waals surface area contributed by atoms with Gasteiger partial charge in [-0.25, -0.2) is 9.37 Å². The molecule has 1 aliphatic heterocycles. The van der Waals surface area contributed by atoms with Crippen LogP contribution < -0.4 is 5.32 Å². The maximum absolute atomic E-state index is 13.4. The van der Waals surface area contributed by atoms with Crippen LogP contribution in [0.4, 0.5) is 10.2 Å². The third kappa shape index (κ3) is 2.59. The van der Waals surface area contributed by atoms with Crippen molar-refractivity contribution in [3.63, 3.8) is 0 Å². The van der Waals surface area contributed by atoms with E-state index in [1.54, 1.807) is 11.9 Å². The van der Waals surface area contributed by atoms with E-state index < -0.39 is 5.82 Å². The Bertz CT molecular complexity index is 687. The number of hydrogen-bond donors (Lipinski definition) is 1. The van der Waals surface area contributed by atoms with Crippen LogP contribution in [0, 0.1) is 5.82 Å². The van der Waals surface area contributed by atoms with Gasteiger partial charge in [0.25, 0.3) is 5.91 Å². The second kappa shape index (κ2) is 5.52. The minimum Gasteiger partial charge on any atom is -0.372 e. The number of anilines is 1. The Morgan fingerprint density at radius 3 is 2.86 bits per heavy atom. The molecule has 1 amide bonds. The van der Waals surface area contributed by atoms with Crippen LogP contribution in [0.5, 0.6) is 0 Å². The first-order valence-corrected chi connectivity index (χ1v) is 6.88. The van der Waals surface area contributed by atoms with Crippen LogP contribution in [0.2, 0.25) is 0 Å². The lowest BCUT2D eigenvalue weighted by molar-refractivity contribution is 0.0735. The Kier molecular flexibility index (Phi) is 3.56. The SMILES string of the molecule is CNc1ncc(F)cc1C(=O)N1CCc2ccccc2C1. The quantitative estimate of drug-likeness (QED) is 0.922. The maximum Gasteiger partial charge on any atom is 0.258 e. The zero-order valence-electron chi connectivity index (χ0n) is 11.8. The molecule has 0 spiro atoms. The summed E-state index contributed by atoms with van der Waals surface area (Å²) in [6, 6.07) is 9.32. The number of hydrogen-bond acceptors (Lipinski definition) is 3. The fourth-order valence-corrected chi connectivity index (χ4v) is 2.64. The van der Waals surface area contributed by atoms with Gasteiger partial charge in [-0.15, -0.1) is 0 Å². The van der Waals surface area contributed by atoms with Crippen LogP contribution in [0.1, 0.15) is 21.5 Å². The number of benzene rings is 1. The lowest BCUT2D eigenvalue weighted by Crippen LogP contribution is -2.36. The molecular formula is C16H16FN3O. The number of pyridine rings is 1. The van der Waals surface area contributed by atoms with E-state index in [9.17, 15) is 9.18 Å². The van der Waals surface area contributed by atoms with E-state index in [0.29, 0.717) is 18.9 Å². The third-order valence-corrected chi connectivity index (χ3v) is 3.74. The van der Waals surface area contributed by atoms with Crippen molar-refractivity contribution in [2.24, 2.45) is 0 Å². The summed E-state index contributed by atoms with van der Waals surface area (Å²) in [5.74, 6) is -0.295. The van der Waals surface area contributed by atoms with Gasteiger partial charge in [-0.1, -0.05) is 24.3 Å². The minimum absolute atomic E-state index is 0.194. The monoisotopic (exact) mass is 285 g/mol. The van der Waals surface area contributed by atoms with E-state index in [2.05, 4.69) is 16.4 Å². The van der Waals surface area contributed by atoms with Crippen LogP contribution in [-0.2, 0) is 13.0 Å². The van der Waals surface area contributed by atoms with Gasteiger partial charge in [-0.05, 0) is 23.6 Å². The number of amides is 1. The molecule has 0 bridgehead atoms. The Morgan fingerprint density at radius 2 is 2.10 bits per heavy atom. The number of aromatic nitrogens is 1. The van der Waals surface area contributed by atoms with Crippen molar-refractivity contribution in [2.45, 2.75) is 13.0 Å². The summed E-state index contributed by atoms with van der Waals surface area (Å²) in [5, 5.41) is 2.84. The van der Waals surface area contributed by atoms with E-state index >= 15 is 0 Å². The van der Waals surface area contributed by atoms with Gasteiger partial charge in [0.2, 0.25) is 0 Å². The van der Waals surface area contributed by atoms with Gasteiger partial charge in [0, 0.05) is 20.1 Å². The summed E-state index contributed by atoms with van der Waals surface area (Å²) in [6.45, 7) is 1.18. The number of rotatable bonds is 2. The molecule has 1 aliphatic rings. The summed E-state index contributed by atoms with van der Waals surface area (Å²) in [5.41, 5.74) is 2.69. The van der Waals surface area contributed by atoms with Gasteiger partial charge in [-0.3, -0.25) is 4.79 Å². The van der Waals surface area contributed by atoms with Crippen LogP contribution in [-0.4, -0.2) is 29.4 Å². The highest BCUT2D eigenvalue weighted by Crippen LogP contribution is 2.22. The van der Waals surface area contributed by atoms with Crippen molar-refractivity contribution in [3.05, 3.63) is 59.0 Å². The molecule has 2 heterocycles. The van der Waals surface area contributed by atoms with Gasteiger partial charge < -0.3 is 10.2 Å².